The first kappa shape index (κ1) is 10.3. The number of hydrogen-bond donors (Lipinski definition) is 1. The fourth-order valence-corrected chi connectivity index (χ4v) is 2.89. The molecule has 2 nitrogen and oxygen atoms in total. The van der Waals surface area contributed by atoms with Crippen molar-refractivity contribution >= 4 is 33.0 Å². The van der Waals surface area contributed by atoms with Gasteiger partial charge in [-0.25, -0.2) is 0 Å². The van der Waals surface area contributed by atoms with E-state index in [1.54, 1.807) is 11.3 Å². The lowest BCUT2D eigenvalue weighted by molar-refractivity contribution is -0.127. The van der Waals surface area contributed by atoms with Crippen LogP contribution in [-0.4, -0.2) is 17.0 Å². The first-order valence-electron chi connectivity index (χ1n) is 4.61. The maximum Gasteiger partial charge on any atom is 0.166 e. The average molecular weight is 275 g/mol. The highest BCUT2D eigenvalue weighted by Crippen LogP contribution is 2.34. The number of Topliss-reactive ketones (excluding diaryl/α,β-unsaturated/α-hetero) is 1. The van der Waals surface area contributed by atoms with E-state index in [2.05, 4.69) is 15.9 Å². The Labute approximate surface area is 95.1 Å². The second-order valence-corrected chi connectivity index (χ2v) is 5.47. The Bertz CT molecular complexity index is 344. The summed E-state index contributed by atoms with van der Waals surface area (Å²) in [7, 11) is 0. The number of hydrogen-bond acceptors (Lipinski definition) is 3. The third-order valence-corrected chi connectivity index (χ3v) is 4.35. The molecule has 0 spiro atoms. The Morgan fingerprint density at radius 2 is 2.43 bits per heavy atom. The Balaban J connectivity index is 1.97. The molecule has 0 amide bonds. The van der Waals surface area contributed by atoms with Gasteiger partial charge in [0, 0.05) is 15.8 Å². The number of carbonyl (C=O) groups excluding carboxylic acids is 1. The van der Waals surface area contributed by atoms with Crippen molar-refractivity contribution < 1.29 is 9.90 Å². The van der Waals surface area contributed by atoms with Gasteiger partial charge in [-0.2, -0.15) is 0 Å². The summed E-state index contributed by atoms with van der Waals surface area (Å²) in [4.78, 5) is 12.6. The van der Waals surface area contributed by atoms with Gasteiger partial charge in [-0.3, -0.25) is 4.79 Å². The standard InChI is InChI=1S/C10H11BrO2S/c11-7-3-4-14-9(7)5-8(12)10(13)6-1-2-6/h3-4,6,10,13H,1-2,5H2. The van der Waals surface area contributed by atoms with Gasteiger partial charge in [-0.1, -0.05) is 0 Å². The van der Waals surface area contributed by atoms with Crippen LogP contribution in [0, 0.1) is 5.92 Å². The van der Waals surface area contributed by atoms with Gasteiger partial charge < -0.3 is 5.11 Å². The lowest BCUT2D eigenvalue weighted by Gasteiger charge is -2.06. The highest BCUT2D eigenvalue weighted by Gasteiger charge is 2.34. The van der Waals surface area contributed by atoms with Crippen LogP contribution in [0.3, 0.4) is 0 Å². The van der Waals surface area contributed by atoms with Crippen molar-refractivity contribution in [3.8, 4) is 0 Å². The zero-order valence-electron chi connectivity index (χ0n) is 7.57. The molecule has 0 bridgehead atoms. The molecule has 1 N–H and O–H groups in total. The summed E-state index contributed by atoms with van der Waals surface area (Å²) >= 11 is 4.92. The van der Waals surface area contributed by atoms with E-state index in [9.17, 15) is 9.90 Å². The molecule has 1 atom stereocenters. The molecule has 1 heterocycles. The molecule has 1 unspecified atom stereocenters. The van der Waals surface area contributed by atoms with Crippen LogP contribution in [0.15, 0.2) is 15.9 Å². The second-order valence-electron chi connectivity index (χ2n) is 3.62. The summed E-state index contributed by atoms with van der Waals surface area (Å²) in [6.45, 7) is 0. The second kappa shape index (κ2) is 4.13. The van der Waals surface area contributed by atoms with E-state index in [0.717, 1.165) is 22.2 Å². The molecule has 0 radical (unpaired) electrons. The van der Waals surface area contributed by atoms with E-state index in [4.69, 9.17) is 0 Å². The van der Waals surface area contributed by atoms with Crippen LogP contribution >= 0.6 is 27.3 Å². The minimum Gasteiger partial charge on any atom is -0.385 e. The van der Waals surface area contributed by atoms with Crippen LogP contribution in [0.25, 0.3) is 0 Å². The van der Waals surface area contributed by atoms with Crippen molar-refractivity contribution in [3.63, 3.8) is 0 Å². The van der Waals surface area contributed by atoms with E-state index in [1.807, 2.05) is 11.4 Å². The lowest BCUT2D eigenvalue weighted by Crippen LogP contribution is -2.23. The minimum absolute atomic E-state index is 0.0457. The predicted molar refractivity (Wildman–Crippen MR) is 59.5 cm³/mol. The third kappa shape index (κ3) is 2.24. The molecule has 0 saturated heterocycles. The molecule has 14 heavy (non-hydrogen) atoms. The van der Waals surface area contributed by atoms with E-state index >= 15 is 0 Å². The van der Waals surface area contributed by atoms with E-state index in [1.165, 1.54) is 0 Å². The largest absolute Gasteiger partial charge is 0.385 e. The molecule has 1 aliphatic carbocycles. The van der Waals surface area contributed by atoms with Gasteiger partial charge in [0.05, 0.1) is 0 Å². The van der Waals surface area contributed by atoms with Crippen molar-refractivity contribution in [2.45, 2.75) is 25.4 Å². The molecule has 1 aromatic rings. The SMILES string of the molecule is O=C(Cc1sccc1Br)C(O)C1CC1. The van der Waals surface area contributed by atoms with Gasteiger partial charge in [0.1, 0.15) is 6.10 Å². The number of rotatable bonds is 4. The van der Waals surface area contributed by atoms with Crippen molar-refractivity contribution in [3.05, 3.63) is 20.8 Å². The van der Waals surface area contributed by atoms with Crippen LogP contribution < -0.4 is 0 Å². The maximum atomic E-state index is 11.6. The number of aliphatic hydroxyl groups is 1. The first-order valence-corrected chi connectivity index (χ1v) is 6.28. The Kier molecular flexibility index (Phi) is 3.04. The van der Waals surface area contributed by atoms with Crippen LogP contribution in [0.2, 0.25) is 0 Å². The van der Waals surface area contributed by atoms with Crippen molar-refractivity contribution in [2.75, 3.05) is 0 Å². The molecular weight excluding hydrogens is 264 g/mol. The van der Waals surface area contributed by atoms with E-state index in [0.29, 0.717) is 6.42 Å². The first-order chi connectivity index (χ1) is 6.68. The van der Waals surface area contributed by atoms with Crippen LogP contribution in [0.5, 0.6) is 0 Å². The summed E-state index contributed by atoms with van der Waals surface area (Å²) in [5.74, 6) is 0.192. The van der Waals surface area contributed by atoms with Gasteiger partial charge >= 0.3 is 0 Å². The van der Waals surface area contributed by atoms with Crippen LogP contribution in [-0.2, 0) is 11.2 Å². The Morgan fingerprint density at radius 1 is 1.71 bits per heavy atom. The van der Waals surface area contributed by atoms with Gasteiger partial charge in [-0.15, -0.1) is 11.3 Å². The lowest BCUT2D eigenvalue weighted by atomic mass is 10.1. The summed E-state index contributed by atoms with van der Waals surface area (Å²) in [6, 6.07) is 1.93. The highest BCUT2D eigenvalue weighted by molar-refractivity contribution is 9.10. The quantitative estimate of drug-likeness (QED) is 0.916. The molecule has 76 valence electrons. The third-order valence-electron chi connectivity index (χ3n) is 2.42. The maximum absolute atomic E-state index is 11.6. The minimum atomic E-state index is -0.732. The van der Waals surface area contributed by atoms with Gasteiger partial charge in [-0.05, 0) is 46.1 Å². The van der Waals surface area contributed by atoms with E-state index in [-0.39, 0.29) is 11.7 Å². The number of halogens is 1. The summed E-state index contributed by atoms with van der Waals surface area (Å²) in [5.41, 5.74) is 0. The Morgan fingerprint density at radius 3 is 2.93 bits per heavy atom. The molecule has 1 saturated carbocycles. The summed E-state index contributed by atoms with van der Waals surface area (Å²) < 4.78 is 0.971. The fourth-order valence-electron chi connectivity index (χ4n) is 1.39. The molecule has 4 heteroatoms. The Hall–Kier alpha value is -0.190. The average Bonchev–Trinajstić information content (AvgIpc) is 2.92. The molecule has 2 rings (SSSR count). The van der Waals surface area contributed by atoms with Gasteiger partial charge in [0.25, 0.3) is 0 Å². The smallest absolute Gasteiger partial charge is 0.166 e. The van der Waals surface area contributed by atoms with Gasteiger partial charge in [0.2, 0.25) is 0 Å². The number of carbonyl (C=O) groups is 1. The molecular formula is C10H11BrO2S. The summed E-state index contributed by atoms with van der Waals surface area (Å²) in [5, 5.41) is 11.5. The fraction of sp³-hybridized carbons (Fsp3) is 0.500. The molecule has 0 aromatic carbocycles. The number of ketones is 1. The molecule has 0 aliphatic heterocycles. The number of thiophene rings is 1. The van der Waals surface area contributed by atoms with Crippen LogP contribution in [0.1, 0.15) is 17.7 Å². The normalized spacial score (nSPS) is 18.1. The zero-order valence-corrected chi connectivity index (χ0v) is 9.97. The van der Waals surface area contributed by atoms with Crippen molar-refractivity contribution in [1.29, 1.82) is 0 Å². The number of aliphatic hydroxyl groups excluding tert-OH is 1. The highest BCUT2D eigenvalue weighted by atomic mass is 79.9. The van der Waals surface area contributed by atoms with Gasteiger partial charge in [0.15, 0.2) is 5.78 Å². The molecule has 1 aliphatic rings. The zero-order chi connectivity index (χ0) is 10.1. The molecule has 1 fully saturated rings. The monoisotopic (exact) mass is 274 g/mol. The molecule has 1 aromatic heterocycles. The summed E-state index contributed by atoms with van der Waals surface area (Å²) in [6.07, 6.45) is 1.62. The van der Waals surface area contributed by atoms with Crippen molar-refractivity contribution in [2.24, 2.45) is 5.92 Å². The van der Waals surface area contributed by atoms with Crippen molar-refractivity contribution in [1.82, 2.24) is 0 Å². The predicted octanol–water partition coefficient (Wildman–Crippen LogP) is 2.39. The topological polar surface area (TPSA) is 37.3 Å². The van der Waals surface area contributed by atoms with Crippen LogP contribution in [0.4, 0.5) is 0 Å². The van der Waals surface area contributed by atoms with E-state index < -0.39 is 6.10 Å².